The highest BCUT2D eigenvalue weighted by atomic mass is 79.9. The number of unbranched alkanes of at least 4 members (excludes halogenated alkanes) is 7. The highest BCUT2D eigenvalue weighted by Crippen LogP contribution is 2.38. The largest absolute Gasteiger partial charge is 0.370 e. The number of aliphatic imine (C=N–C) groups is 1. The second kappa shape index (κ2) is 10.1. The van der Waals surface area contributed by atoms with E-state index in [2.05, 4.69) is 61.1 Å². The predicted molar refractivity (Wildman–Crippen MR) is 125 cm³/mol. The lowest BCUT2D eigenvalue weighted by molar-refractivity contribution is 0.539. The topological polar surface area (TPSA) is 42.2 Å². The molecule has 1 aromatic heterocycles. The molecule has 1 aliphatic heterocycles. The van der Waals surface area contributed by atoms with E-state index in [9.17, 15) is 0 Å². The van der Waals surface area contributed by atoms with Crippen LogP contribution in [0.3, 0.4) is 0 Å². The monoisotopic (exact) mass is 452 g/mol. The number of aromatic nitrogens is 2. The summed E-state index contributed by atoms with van der Waals surface area (Å²) in [6.07, 6.45) is 16.3. The van der Waals surface area contributed by atoms with Crippen molar-refractivity contribution in [3.8, 4) is 0 Å². The summed E-state index contributed by atoms with van der Waals surface area (Å²) in [5.41, 5.74) is 2.31. The Kier molecular flexibility index (Phi) is 6.99. The first-order valence-electron chi connectivity index (χ1n) is 10.8. The average Bonchev–Trinajstić information content (AvgIpc) is 3.38. The van der Waals surface area contributed by atoms with Crippen LogP contribution in [0.15, 0.2) is 58.5 Å². The van der Waals surface area contributed by atoms with Crippen LogP contribution in [0, 0.1) is 0 Å². The SMILES string of the molecule is Brc1ccc2c3c(cccc13)C(NCCCCCCCCCCn1ccnc1)=N2. The number of halogens is 1. The quantitative estimate of drug-likeness (QED) is 0.332. The van der Waals surface area contributed by atoms with Crippen LogP contribution in [0.5, 0.6) is 0 Å². The van der Waals surface area contributed by atoms with Crippen molar-refractivity contribution in [1.82, 2.24) is 14.9 Å². The number of hydrogen-bond acceptors (Lipinski definition) is 3. The van der Waals surface area contributed by atoms with Crippen LogP contribution in [-0.2, 0) is 6.54 Å². The van der Waals surface area contributed by atoms with Gasteiger partial charge in [-0.15, -0.1) is 0 Å². The van der Waals surface area contributed by atoms with Gasteiger partial charge in [-0.05, 0) is 30.4 Å². The van der Waals surface area contributed by atoms with E-state index in [-0.39, 0.29) is 0 Å². The molecule has 2 aromatic carbocycles. The molecule has 1 N–H and O–H groups in total. The van der Waals surface area contributed by atoms with Gasteiger partial charge in [-0.1, -0.05) is 72.7 Å². The van der Waals surface area contributed by atoms with Crippen molar-refractivity contribution in [3.05, 3.63) is 59.1 Å². The third-order valence-electron chi connectivity index (χ3n) is 5.65. The predicted octanol–water partition coefficient (Wildman–Crippen LogP) is 6.60. The molecule has 0 atom stereocenters. The Labute approximate surface area is 181 Å². The number of benzene rings is 2. The molecule has 3 aromatic rings. The summed E-state index contributed by atoms with van der Waals surface area (Å²) < 4.78 is 3.30. The zero-order valence-electron chi connectivity index (χ0n) is 16.9. The Morgan fingerprint density at radius 1 is 0.897 bits per heavy atom. The van der Waals surface area contributed by atoms with Gasteiger partial charge in [0.15, 0.2) is 0 Å². The standard InChI is InChI=1S/C24H29BrN4/c25-21-12-13-22-23-19(21)10-9-11-20(23)24(28-22)27-14-7-5-3-1-2-4-6-8-16-29-17-15-26-18-29/h9-13,15,17-18H,1-8,14,16H2,(H,27,28). The molecule has 0 saturated carbocycles. The number of nitrogens with one attached hydrogen (secondary N) is 1. The minimum atomic E-state index is 0.995. The minimum absolute atomic E-state index is 0.995. The lowest BCUT2D eigenvalue weighted by Gasteiger charge is -2.08. The van der Waals surface area contributed by atoms with Gasteiger partial charge in [0, 0.05) is 40.9 Å². The fourth-order valence-electron chi connectivity index (χ4n) is 4.06. The van der Waals surface area contributed by atoms with E-state index in [4.69, 9.17) is 4.99 Å². The lowest BCUT2D eigenvalue weighted by Crippen LogP contribution is -2.24. The Balaban J connectivity index is 1.08. The third-order valence-corrected chi connectivity index (χ3v) is 6.34. The molecule has 0 saturated heterocycles. The summed E-state index contributed by atoms with van der Waals surface area (Å²) in [5.74, 6) is 1.03. The Morgan fingerprint density at radius 3 is 2.48 bits per heavy atom. The van der Waals surface area contributed by atoms with Gasteiger partial charge in [0.2, 0.25) is 0 Å². The maximum Gasteiger partial charge on any atom is 0.134 e. The van der Waals surface area contributed by atoms with Gasteiger partial charge in [-0.3, -0.25) is 0 Å². The van der Waals surface area contributed by atoms with Gasteiger partial charge < -0.3 is 9.88 Å². The van der Waals surface area contributed by atoms with E-state index in [1.165, 1.54) is 67.7 Å². The maximum atomic E-state index is 4.81. The number of hydrogen-bond donors (Lipinski definition) is 1. The second-order valence-corrected chi connectivity index (χ2v) is 8.67. The van der Waals surface area contributed by atoms with E-state index in [1.54, 1.807) is 0 Å². The molecule has 0 aliphatic carbocycles. The molecule has 0 spiro atoms. The van der Waals surface area contributed by atoms with Crippen molar-refractivity contribution in [3.63, 3.8) is 0 Å². The van der Waals surface area contributed by atoms with Crippen LogP contribution in [0.2, 0.25) is 0 Å². The fourth-order valence-corrected chi connectivity index (χ4v) is 4.53. The Bertz CT molecular complexity index is 962. The van der Waals surface area contributed by atoms with E-state index >= 15 is 0 Å². The Morgan fingerprint density at radius 2 is 1.69 bits per heavy atom. The van der Waals surface area contributed by atoms with Crippen LogP contribution in [0.25, 0.3) is 10.8 Å². The third kappa shape index (κ3) is 5.08. The molecule has 0 amide bonds. The number of aryl methyl sites for hydroxylation is 1. The minimum Gasteiger partial charge on any atom is -0.370 e. The number of rotatable bonds is 11. The van der Waals surface area contributed by atoms with Crippen molar-refractivity contribution in [2.24, 2.45) is 4.99 Å². The number of nitrogens with zero attached hydrogens (tertiary/aromatic N) is 3. The summed E-state index contributed by atoms with van der Waals surface area (Å²) in [5, 5.41) is 6.07. The second-order valence-electron chi connectivity index (χ2n) is 7.81. The molecule has 0 bridgehead atoms. The first-order valence-corrected chi connectivity index (χ1v) is 11.6. The summed E-state index contributed by atoms with van der Waals surface area (Å²) in [6.45, 7) is 2.10. The zero-order chi connectivity index (χ0) is 19.9. The molecule has 29 heavy (non-hydrogen) atoms. The molecule has 2 heterocycles. The molecule has 5 heteroatoms. The fraction of sp³-hybridized carbons (Fsp3) is 0.417. The van der Waals surface area contributed by atoms with Crippen molar-refractivity contribution in [2.75, 3.05) is 6.54 Å². The lowest BCUT2D eigenvalue weighted by atomic mass is 10.0. The van der Waals surface area contributed by atoms with Crippen molar-refractivity contribution >= 4 is 38.2 Å². The average molecular weight is 453 g/mol. The van der Waals surface area contributed by atoms with Crippen LogP contribution in [-0.4, -0.2) is 21.9 Å². The number of amidine groups is 1. The van der Waals surface area contributed by atoms with E-state index < -0.39 is 0 Å². The Hall–Kier alpha value is -2.14. The molecule has 1 aliphatic rings. The summed E-state index contributed by atoms with van der Waals surface area (Å²) in [6, 6.07) is 10.6. The molecular weight excluding hydrogens is 424 g/mol. The smallest absolute Gasteiger partial charge is 0.134 e. The van der Waals surface area contributed by atoms with Crippen molar-refractivity contribution in [2.45, 2.75) is 57.9 Å². The maximum absolute atomic E-state index is 4.81. The molecule has 4 rings (SSSR count). The van der Waals surface area contributed by atoms with Gasteiger partial charge in [0.05, 0.1) is 12.0 Å². The summed E-state index contributed by atoms with van der Waals surface area (Å²) >= 11 is 3.65. The van der Waals surface area contributed by atoms with Crippen molar-refractivity contribution < 1.29 is 0 Å². The van der Waals surface area contributed by atoms with Gasteiger partial charge >= 0.3 is 0 Å². The van der Waals surface area contributed by atoms with Crippen LogP contribution in [0.1, 0.15) is 56.9 Å². The van der Waals surface area contributed by atoms with Crippen LogP contribution < -0.4 is 5.32 Å². The molecular formula is C24H29BrN4. The normalized spacial score (nSPS) is 12.5. The zero-order valence-corrected chi connectivity index (χ0v) is 18.5. The van der Waals surface area contributed by atoms with Gasteiger partial charge in [0.25, 0.3) is 0 Å². The number of imidazole rings is 1. The summed E-state index contributed by atoms with van der Waals surface area (Å²) in [7, 11) is 0. The van der Waals surface area contributed by atoms with Gasteiger partial charge in [-0.2, -0.15) is 0 Å². The molecule has 4 nitrogen and oxygen atoms in total. The molecule has 0 fully saturated rings. The molecule has 152 valence electrons. The van der Waals surface area contributed by atoms with Crippen LogP contribution in [0.4, 0.5) is 5.69 Å². The van der Waals surface area contributed by atoms with Crippen LogP contribution >= 0.6 is 15.9 Å². The van der Waals surface area contributed by atoms with Gasteiger partial charge in [0.1, 0.15) is 5.84 Å². The first-order chi connectivity index (χ1) is 14.3. The van der Waals surface area contributed by atoms with E-state index in [0.29, 0.717) is 0 Å². The van der Waals surface area contributed by atoms with Gasteiger partial charge in [-0.25, -0.2) is 9.98 Å². The van der Waals surface area contributed by atoms with E-state index in [1.807, 2.05) is 18.7 Å². The van der Waals surface area contributed by atoms with Crippen molar-refractivity contribution in [1.29, 1.82) is 0 Å². The molecule has 0 radical (unpaired) electrons. The first kappa shape index (κ1) is 20.1. The van der Waals surface area contributed by atoms with E-state index in [0.717, 1.165) is 29.1 Å². The molecule has 0 unspecified atom stereocenters. The highest BCUT2D eigenvalue weighted by molar-refractivity contribution is 9.10. The summed E-state index contributed by atoms with van der Waals surface area (Å²) in [4.78, 5) is 8.89. The highest BCUT2D eigenvalue weighted by Gasteiger charge is 2.18.